The Labute approximate surface area is 134 Å². The molecular weight excluding hydrogens is 311 g/mol. The topological polar surface area (TPSA) is 58.2 Å². The second-order valence-electron chi connectivity index (χ2n) is 5.18. The first-order valence-electron chi connectivity index (χ1n) is 7.06. The van der Waals surface area contributed by atoms with Gasteiger partial charge in [0.2, 0.25) is 11.8 Å². The lowest BCUT2D eigenvalue weighted by Crippen LogP contribution is -2.43. The summed E-state index contributed by atoms with van der Waals surface area (Å²) < 4.78 is 0. The lowest BCUT2D eigenvalue weighted by molar-refractivity contribution is -0.126. The van der Waals surface area contributed by atoms with Gasteiger partial charge in [0.15, 0.2) is 0 Å². The second-order valence-corrected chi connectivity index (χ2v) is 6.00. The minimum Gasteiger partial charge on any atom is -0.348 e. The van der Waals surface area contributed by atoms with E-state index < -0.39 is 6.04 Å². The van der Waals surface area contributed by atoms with Gasteiger partial charge >= 0.3 is 0 Å². The van der Waals surface area contributed by atoms with Gasteiger partial charge in [-0.05, 0) is 30.5 Å². The molecule has 2 N–H and O–H groups in total. The Bertz CT molecular complexity index is 548. The minimum atomic E-state index is -0.431. The van der Waals surface area contributed by atoms with Crippen molar-refractivity contribution in [3.63, 3.8) is 0 Å². The van der Waals surface area contributed by atoms with Crippen LogP contribution in [0.4, 0.5) is 0 Å². The number of hydrogen-bond acceptors (Lipinski definition) is 2. The van der Waals surface area contributed by atoms with Crippen molar-refractivity contribution < 1.29 is 9.59 Å². The minimum absolute atomic E-state index is 0.0725. The van der Waals surface area contributed by atoms with E-state index in [1.54, 1.807) is 12.1 Å². The van der Waals surface area contributed by atoms with Crippen LogP contribution in [-0.2, 0) is 9.59 Å². The Morgan fingerprint density at radius 3 is 2.76 bits per heavy atom. The van der Waals surface area contributed by atoms with Crippen molar-refractivity contribution >= 4 is 35.0 Å². The molecule has 0 radical (unpaired) electrons. The molecule has 1 aromatic carbocycles. The van der Waals surface area contributed by atoms with Crippen molar-refractivity contribution in [3.8, 4) is 0 Å². The summed E-state index contributed by atoms with van der Waals surface area (Å²) in [6, 6.07) is 4.81. The van der Waals surface area contributed by atoms with Crippen molar-refractivity contribution in [1.29, 1.82) is 0 Å². The highest BCUT2D eigenvalue weighted by Gasteiger charge is 2.28. The zero-order valence-electron chi connectivity index (χ0n) is 11.8. The van der Waals surface area contributed by atoms with Gasteiger partial charge in [-0.3, -0.25) is 9.59 Å². The maximum Gasteiger partial charge on any atom is 0.243 e. The van der Waals surface area contributed by atoms with E-state index in [1.807, 2.05) is 13.0 Å². The highest BCUT2D eigenvalue weighted by atomic mass is 35.5. The largest absolute Gasteiger partial charge is 0.348 e. The number of carbonyl (C=O) groups excluding carboxylic acids is 2. The Morgan fingerprint density at radius 1 is 1.43 bits per heavy atom. The summed E-state index contributed by atoms with van der Waals surface area (Å²) in [6.45, 7) is 2.05. The monoisotopic (exact) mass is 328 g/mol. The highest BCUT2D eigenvalue weighted by Crippen LogP contribution is 2.27. The van der Waals surface area contributed by atoms with Gasteiger partial charge in [-0.2, -0.15) is 0 Å². The number of benzene rings is 1. The van der Waals surface area contributed by atoms with Gasteiger partial charge in [0, 0.05) is 6.42 Å². The Hall–Kier alpha value is -1.26. The van der Waals surface area contributed by atoms with Gasteiger partial charge in [-0.1, -0.05) is 42.6 Å². The molecule has 0 aliphatic carbocycles. The average molecular weight is 329 g/mol. The van der Waals surface area contributed by atoms with Crippen LogP contribution in [0, 0.1) is 0 Å². The summed E-state index contributed by atoms with van der Waals surface area (Å²) in [5, 5.41) is 6.62. The Kier molecular flexibility index (Phi) is 5.48. The summed E-state index contributed by atoms with van der Waals surface area (Å²) in [7, 11) is 0. The fourth-order valence-electron chi connectivity index (χ4n) is 2.42. The van der Waals surface area contributed by atoms with Crippen LogP contribution in [-0.4, -0.2) is 17.9 Å². The van der Waals surface area contributed by atoms with Crippen molar-refractivity contribution in [2.75, 3.05) is 0 Å². The van der Waals surface area contributed by atoms with Crippen LogP contribution in [0.2, 0.25) is 10.0 Å². The van der Waals surface area contributed by atoms with Crippen LogP contribution in [0.15, 0.2) is 18.2 Å². The zero-order chi connectivity index (χ0) is 15.4. The molecule has 2 atom stereocenters. The summed E-state index contributed by atoms with van der Waals surface area (Å²) >= 11 is 12.0. The quantitative estimate of drug-likeness (QED) is 0.871. The number of nitrogens with one attached hydrogen (secondary N) is 2. The number of rotatable bonds is 5. The summed E-state index contributed by atoms with van der Waals surface area (Å²) in [4.78, 5) is 23.4. The predicted molar refractivity (Wildman–Crippen MR) is 83.4 cm³/mol. The second kappa shape index (κ2) is 7.14. The van der Waals surface area contributed by atoms with Gasteiger partial charge in [0.05, 0.1) is 16.1 Å². The molecule has 1 saturated heterocycles. The third-order valence-corrected chi connectivity index (χ3v) is 4.29. The highest BCUT2D eigenvalue weighted by molar-refractivity contribution is 6.42. The molecule has 2 amide bonds. The lowest BCUT2D eigenvalue weighted by Gasteiger charge is -2.21. The molecule has 4 nitrogen and oxygen atoms in total. The van der Waals surface area contributed by atoms with Crippen LogP contribution < -0.4 is 10.6 Å². The smallest absolute Gasteiger partial charge is 0.243 e. The van der Waals surface area contributed by atoms with Gasteiger partial charge in [0.1, 0.15) is 6.04 Å². The third-order valence-electron chi connectivity index (χ3n) is 3.55. The van der Waals surface area contributed by atoms with E-state index in [4.69, 9.17) is 23.2 Å². The fraction of sp³-hybridized carbons (Fsp3) is 0.467. The molecule has 0 saturated carbocycles. The SMILES string of the molecule is CCC[C@H](NC(=O)[C@@H]1CCC(=O)N1)c1ccc(Cl)c(Cl)c1. The average Bonchev–Trinajstić information content (AvgIpc) is 2.88. The van der Waals surface area contributed by atoms with Gasteiger partial charge < -0.3 is 10.6 Å². The first-order valence-corrected chi connectivity index (χ1v) is 7.81. The number of hydrogen-bond donors (Lipinski definition) is 2. The first-order chi connectivity index (χ1) is 10.0. The molecule has 0 aromatic heterocycles. The molecule has 1 aromatic rings. The lowest BCUT2D eigenvalue weighted by atomic mass is 10.0. The van der Waals surface area contributed by atoms with E-state index in [2.05, 4.69) is 10.6 Å². The number of carbonyl (C=O) groups is 2. The van der Waals surface area contributed by atoms with Crippen LogP contribution in [0.25, 0.3) is 0 Å². The van der Waals surface area contributed by atoms with Crippen LogP contribution in [0.1, 0.15) is 44.2 Å². The predicted octanol–water partition coefficient (Wildman–Crippen LogP) is 3.23. The number of amides is 2. The number of halogens is 2. The third kappa shape index (κ3) is 4.11. The summed E-state index contributed by atoms with van der Waals surface area (Å²) in [5.74, 6) is -0.220. The molecule has 1 aliphatic rings. The molecule has 1 fully saturated rings. The Morgan fingerprint density at radius 2 is 2.19 bits per heavy atom. The Balaban J connectivity index is 2.09. The molecule has 2 rings (SSSR count). The van der Waals surface area contributed by atoms with E-state index in [1.165, 1.54) is 0 Å². The van der Waals surface area contributed by atoms with E-state index in [9.17, 15) is 9.59 Å². The molecule has 0 unspecified atom stereocenters. The van der Waals surface area contributed by atoms with E-state index in [-0.39, 0.29) is 17.9 Å². The zero-order valence-corrected chi connectivity index (χ0v) is 13.3. The van der Waals surface area contributed by atoms with Crippen molar-refractivity contribution in [1.82, 2.24) is 10.6 Å². The van der Waals surface area contributed by atoms with Gasteiger partial charge in [-0.25, -0.2) is 0 Å². The molecule has 0 bridgehead atoms. The standard InChI is InChI=1S/C15H18Cl2N2O2/c1-2-3-12(9-4-5-10(16)11(17)8-9)19-15(21)13-6-7-14(20)18-13/h4-5,8,12-13H,2-3,6-7H2,1H3,(H,18,20)(H,19,21)/t12-,13-/m0/s1. The molecule has 6 heteroatoms. The summed E-state index contributed by atoms with van der Waals surface area (Å²) in [6.07, 6.45) is 2.67. The van der Waals surface area contributed by atoms with Crippen molar-refractivity contribution in [2.24, 2.45) is 0 Å². The van der Waals surface area contributed by atoms with E-state index in [0.29, 0.717) is 22.9 Å². The molecule has 21 heavy (non-hydrogen) atoms. The summed E-state index contributed by atoms with van der Waals surface area (Å²) in [5.41, 5.74) is 0.920. The van der Waals surface area contributed by atoms with Gasteiger partial charge in [-0.15, -0.1) is 0 Å². The van der Waals surface area contributed by atoms with E-state index in [0.717, 1.165) is 18.4 Å². The molecule has 1 aliphatic heterocycles. The van der Waals surface area contributed by atoms with E-state index >= 15 is 0 Å². The molecule has 0 spiro atoms. The van der Waals surface area contributed by atoms with Crippen LogP contribution in [0.5, 0.6) is 0 Å². The molecule has 114 valence electrons. The fourth-order valence-corrected chi connectivity index (χ4v) is 2.73. The molecular formula is C15H18Cl2N2O2. The van der Waals surface area contributed by atoms with Gasteiger partial charge in [0.25, 0.3) is 0 Å². The van der Waals surface area contributed by atoms with Crippen molar-refractivity contribution in [2.45, 2.75) is 44.7 Å². The van der Waals surface area contributed by atoms with Crippen molar-refractivity contribution in [3.05, 3.63) is 33.8 Å². The van der Waals surface area contributed by atoms with Crippen LogP contribution >= 0.6 is 23.2 Å². The maximum atomic E-state index is 12.2. The normalized spacial score (nSPS) is 19.2. The molecule has 1 heterocycles. The first kappa shape index (κ1) is 16.1. The maximum absolute atomic E-state index is 12.2. The van der Waals surface area contributed by atoms with Crippen LogP contribution in [0.3, 0.4) is 0 Å².